The van der Waals surface area contributed by atoms with Gasteiger partial charge >= 0.3 is 0 Å². The van der Waals surface area contributed by atoms with Crippen molar-refractivity contribution in [3.63, 3.8) is 0 Å². The van der Waals surface area contributed by atoms with Crippen molar-refractivity contribution in [3.8, 4) is 5.75 Å². The highest BCUT2D eigenvalue weighted by molar-refractivity contribution is 6.05. The minimum atomic E-state index is -0.602. The molecule has 6 nitrogen and oxygen atoms in total. The highest BCUT2D eigenvalue weighted by atomic mass is 16.5. The largest absolute Gasteiger partial charge is 0.495 e. The number of amides is 2. The molecule has 2 heterocycles. The number of aryl methyl sites for hydroxylation is 2. The van der Waals surface area contributed by atoms with Crippen molar-refractivity contribution in [2.75, 3.05) is 19.5 Å². The number of hydrogen-bond donors (Lipinski definition) is 1. The fraction of sp³-hybridized carbons (Fsp3) is 0.214. The first-order valence-corrected chi connectivity index (χ1v) is 11.3. The van der Waals surface area contributed by atoms with Crippen molar-refractivity contribution in [2.45, 2.75) is 18.9 Å². The molecule has 34 heavy (non-hydrogen) atoms. The van der Waals surface area contributed by atoms with Crippen LogP contribution in [0.4, 0.5) is 5.69 Å². The number of nitrogens with zero attached hydrogens (tertiary/aromatic N) is 2. The quantitative estimate of drug-likeness (QED) is 0.471. The zero-order valence-electron chi connectivity index (χ0n) is 19.7. The lowest BCUT2D eigenvalue weighted by Crippen LogP contribution is -2.44. The van der Waals surface area contributed by atoms with Crippen LogP contribution >= 0.6 is 0 Å². The van der Waals surface area contributed by atoms with Crippen LogP contribution in [0.5, 0.6) is 5.75 Å². The summed E-state index contributed by atoms with van der Waals surface area (Å²) in [6, 6.07) is 20.7. The number of ether oxygens (including phenoxy) is 1. The Balaban J connectivity index is 1.68. The van der Waals surface area contributed by atoms with E-state index in [4.69, 9.17) is 4.74 Å². The van der Waals surface area contributed by atoms with Crippen molar-refractivity contribution >= 4 is 28.4 Å². The van der Waals surface area contributed by atoms with Crippen LogP contribution in [-0.2, 0) is 11.8 Å². The molecule has 3 aromatic carbocycles. The number of likely N-dealkylation sites (N-methyl/N-ethyl adjacent to an activating group) is 1. The summed E-state index contributed by atoms with van der Waals surface area (Å²) >= 11 is 0. The Morgan fingerprint density at radius 3 is 2.50 bits per heavy atom. The maximum Gasteiger partial charge on any atom is 0.254 e. The summed E-state index contributed by atoms with van der Waals surface area (Å²) in [6.07, 6.45) is 2.03. The second-order valence-corrected chi connectivity index (χ2v) is 8.83. The lowest BCUT2D eigenvalue weighted by atomic mass is 9.79. The Morgan fingerprint density at radius 1 is 0.971 bits per heavy atom. The molecule has 0 saturated heterocycles. The van der Waals surface area contributed by atoms with Crippen molar-refractivity contribution < 1.29 is 14.3 Å². The molecule has 0 spiro atoms. The standard InChI is InChI=1S/C28H27N3O3/c1-17-13-14-24(34-4)22(15-17)29-27(32)25-19-10-5-6-11-20(19)28(33)31(3)26(25)21-16-30(2)23-12-8-7-9-18(21)23/h5-16,25-26H,1-4H3,(H,29,32)/t25-,26-/m1/s1. The first kappa shape index (κ1) is 21.8. The van der Waals surface area contributed by atoms with Crippen LogP contribution < -0.4 is 10.1 Å². The number of carbonyl (C=O) groups excluding carboxylic acids is 2. The van der Waals surface area contributed by atoms with E-state index in [0.29, 0.717) is 17.0 Å². The highest BCUT2D eigenvalue weighted by Crippen LogP contribution is 2.45. The van der Waals surface area contributed by atoms with Crippen LogP contribution in [0.25, 0.3) is 10.9 Å². The van der Waals surface area contributed by atoms with Gasteiger partial charge in [0.1, 0.15) is 5.75 Å². The third-order valence-corrected chi connectivity index (χ3v) is 6.72. The van der Waals surface area contributed by atoms with Gasteiger partial charge in [-0.05, 0) is 42.3 Å². The second-order valence-electron chi connectivity index (χ2n) is 8.83. The molecule has 1 aliphatic rings. The van der Waals surface area contributed by atoms with Gasteiger partial charge in [-0.2, -0.15) is 0 Å². The maximum absolute atomic E-state index is 14.0. The van der Waals surface area contributed by atoms with Crippen LogP contribution in [0.3, 0.4) is 0 Å². The van der Waals surface area contributed by atoms with Gasteiger partial charge < -0.3 is 19.5 Å². The van der Waals surface area contributed by atoms with E-state index in [0.717, 1.165) is 27.6 Å². The Morgan fingerprint density at radius 2 is 1.71 bits per heavy atom. The molecule has 1 N–H and O–H groups in total. The summed E-state index contributed by atoms with van der Waals surface area (Å²) in [7, 11) is 5.34. The molecule has 1 aliphatic heterocycles. The van der Waals surface area contributed by atoms with Gasteiger partial charge in [-0.15, -0.1) is 0 Å². The summed E-state index contributed by atoms with van der Waals surface area (Å²) in [5.41, 5.74) is 4.90. The zero-order valence-corrected chi connectivity index (χ0v) is 19.7. The van der Waals surface area contributed by atoms with Gasteiger partial charge in [0.15, 0.2) is 0 Å². The zero-order chi connectivity index (χ0) is 24.0. The Hall–Kier alpha value is -4.06. The van der Waals surface area contributed by atoms with Crippen LogP contribution in [0.2, 0.25) is 0 Å². The monoisotopic (exact) mass is 453 g/mol. The topological polar surface area (TPSA) is 63.6 Å². The van der Waals surface area contributed by atoms with Gasteiger partial charge in [0.2, 0.25) is 5.91 Å². The van der Waals surface area contributed by atoms with E-state index in [1.165, 1.54) is 0 Å². The Labute approximate surface area is 198 Å². The third kappa shape index (κ3) is 3.43. The lowest BCUT2D eigenvalue weighted by molar-refractivity contribution is -0.119. The first-order valence-electron chi connectivity index (χ1n) is 11.3. The van der Waals surface area contributed by atoms with Gasteiger partial charge in [0.05, 0.1) is 24.8 Å². The second kappa shape index (κ2) is 8.37. The molecule has 2 amide bonds. The molecule has 172 valence electrons. The van der Waals surface area contributed by atoms with Gasteiger partial charge in [-0.25, -0.2) is 0 Å². The minimum absolute atomic E-state index is 0.0919. The van der Waals surface area contributed by atoms with Gasteiger partial charge in [-0.1, -0.05) is 42.5 Å². The molecule has 0 fully saturated rings. The van der Waals surface area contributed by atoms with Crippen molar-refractivity contribution in [2.24, 2.45) is 7.05 Å². The molecule has 6 heteroatoms. The summed E-state index contributed by atoms with van der Waals surface area (Å²) in [6.45, 7) is 1.97. The number of fused-ring (bicyclic) bond motifs is 2. The summed E-state index contributed by atoms with van der Waals surface area (Å²) in [5.74, 6) is -0.288. The minimum Gasteiger partial charge on any atom is -0.495 e. The average molecular weight is 454 g/mol. The molecular formula is C28H27N3O3. The number of carbonyl (C=O) groups is 2. The maximum atomic E-state index is 14.0. The number of methoxy groups -OCH3 is 1. The average Bonchev–Trinajstić information content (AvgIpc) is 3.17. The number of benzene rings is 3. The van der Waals surface area contributed by atoms with Crippen molar-refractivity contribution in [1.29, 1.82) is 0 Å². The van der Waals surface area contributed by atoms with E-state index >= 15 is 0 Å². The van der Waals surface area contributed by atoms with E-state index in [1.54, 1.807) is 25.1 Å². The van der Waals surface area contributed by atoms with Crippen LogP contribution in [0.15, 0.2) is 72.9 Å². The first-order chi connectivity index (χ1) is 16.4. The predicted octanol–water partition coefficient (Wildman–Crippen LogP) is 5.04. The Kier molecular flexibility index (Phi) is 5.36. The highest BCUT2D eigenvalue weighted by Gasteiger charge is 2.43. The fourth-order valence-electron chi connectivity index (χ4n) is 5.08. The van der Waals surface area contributed by atoms with Crippen molar-refractivity contribution in [3.05, 3.63) is 95.2 Å². The number of nitrogens with one attached hydrogen (secondary N) is 1. The third-order valence-electron chi connectivity index (χ3n) is 6.72. The number of rotatable bonds is 4. The van der Waals surface area contributed by atoms with E-state index < -0.39 is 12.0 Å². The number of para-hydroxylation sites is 1. The molecule has 0 aliphatic carbocycles. The van der Waals surface area contributed by atoms with Gasteiger partial charge in [0.25, 0.3) is 5.91 Å². The molecule has 5 rings (SSSR count). The fourth-order valence-corrected chi connectivity index (χ4v) is 5.08. The molecular weight excluding hydrogens is 426 g/mol. The van der Waals surface area contributed by atoms with E-state index in [2.05, 4.69) is 5.32 Å². The molecule has 0 unspecified atom stereocenters. The van der Waals surface area contributed by atoms with Gasteiger partial charge in [0, 0.05) is 42.3 Å². The molecule has 2 atom stereocenters. The Bertz CT molecular complexity index is 1420. The van der Waals surface area contributed by atoms with E-state index in [9.17, 15) is 9.59 Å². The van der Waals surface area contributed by atoms with E-state index in [1.807, 2.05) is 85.4 Å². The molecule has 4 aromatic rings. The number of anilines is 1. The summed E-state index contributed by atoms with van der Waals surface area (Å²) in [5, 5.41) is 4.12. The number of aromatic nitrogens is 1. The lowest BCUT2D eigenvalue weighted by Gasteiger charge is -2.39. The molecule has 1 aromatic heterocycles. The predicted molar refractivity (Wildman–Crippen MR) is 133 cm³/mol. The smallest absolute Gasteiger partial charge is 0.254 e. The normalized spacial score (nSPS) is 17.5. The van der Waals surface area contributed by atoms with Crippen LogP contribution in [0.1, 0.15) is 39.0 Å². The van der Waals surface area contributed by atoms with Crippen LogP contribution in [0, 0.1) is 6.92 Å². The van der Waals surface area contributed by atoms with Gasteiger partial charge in [-0.3, -0.25) is 9.59 Å². The summed E-state index contributed by atoms with van der Waals surface area (Å²) < 4.78 is 7.53. The summed E-state index contributed by atoms with van der Waals surface area (Å²) in [4.78, 5) is 29.1. The molecule has 0 radical (unpaired) electrons. The molecule has 0 bridgehead atoms. The molecule has 0 saturated carbocycles. The van der Waals surface area contributed by atoms with E-state index in [-0.39, 0.29) is 11.8 Å². The van der Waals surface area contributed by atoms with Crippen LogP contribution in [-0.4, -0.2) is 35.4 Å². The SMILES string of the molecule is COc1ccc(C)cc1NC(=O)[C@@H]1c2ccccc2C(=O)N(C)[C@@H]1c1cn(C)c2ccccc12. The van der Waals surface area contributed by atoms with Crippen molar-refractivity contribution in [1.82, 2.24) is 9.47 Å². The number of hydrogen-bond acceptors (Lipinski definition) is 3.